The minimum Gasteiger partial charge on any atom is -0.445 e. The van der Waals surface area contributed by atoms with Gasteiger partial charge in [-0.15, -0.1) is 0 Å². The fourth-order valence-electron chi connectivity index (χ4n) is 2.76. The van der Waals surface area contributed by atoms with Crippen LogP contribution in [0.3, 0.4) is 0 Å². The highest BCUT2D eigenvalue weighted by Crippen LogP contribution is 2.07. The molecule has 160 valence electrons. The number of primary amides is 1. The van der Waals surface area contributed by atoms with Crippen LogP contribution in [-0.4, -0.2) is 42.0 Å². The molecule has 2 atom stereocenters. The van der Waals surface area contributed by atoms with Crippen LogP contribution in [-0.2, 0) is 27.4 Å². The van der Waals surface area contributed by atoms with Crippen LogP contribution in [0.2, 0.25) is 0 Å². The Morgan fingerprint density at radius 2 is 1.53 bits per heavy atom. The van der Waals surface area contributed by atoms with Crippen LogP contribution in [0.25, 0.3) is 0 Å². The van der Waals surface area contributed by atoms with Gasteiger partial charge in [0, 0.05) is 6.42 Å². The second-order valence-electron chi connectivity index (χ2n) is 6.69. The first-order valence-corrected chi connectivity index (χ1v) is 11.0. The Balaban J connectivity index is 1.96. The molecule has 0 saturated heterocycles. The summed E-state index contributed by atoms with van der Waals surface area (Å²) in [5.74, 6) is -0.459. The van der Waals surface area contributed by atoms with Gasteiger partial charge in [0.1, 0.15) is 18.7 Å². The predicted octanol–water partition coefficient (Wildman–Crippen LogP) is 2.25. The first-order chi connectivity index (χ1) is 14.5. The third-order valence-electron chi connectivity index (χ3n) is 4.37. The zero-order chi connectivity index (χ0) is 21.8. The van der Waals surface area contributed by atoms with Crippen LogP contribution in [0.4, 0.5) is 4.79 Å². The third kappa shape index (κ3) is 8.16. The predicted molar refractivity (Wildman–Crippen MR) is 118 cm³/mol. The lowest BCUT2D eigenvalue weighted by atomic mass is 10.0. The SMILES string of the molecule is CSCC[C@H](NC(=O)OCc1ccccc1)C(=O)N[C@H](Cc1ccccc1)C(N)=O. The zero-order valence-electron chi connectivity index (χ0n) is 16.9. The molecule has 0 bridgehead atoms. The molecule has 2 rings (SSSR count). The van der Waals surface area contributed by atoms with Gasteiger partial charge in [-0.1, -0.05) is 60.7 Å². The van der Waals surface area contributed by atoms with Crippen LogP contribution >= 0.6 is 11.8 Å². The van der Waals surface area contributed by atoms with Crippen molar-refractivity contribution in [1.29, 1.82) is 0 Å². The molecule has 0 heterocycles. The molecule has 0 unspecified atom stereocenters. The normalized spacial score (nSPS) is 12.4. The van der Waals surface area contributed by atoms with Crippen molar-refractivity contribution in [2.24, 2.45) is 5.73 Å². The Labute approximate surface area is 180 Å². The summed E-state index contributed by atoms with van der Waals surface area (Å²) in [6.07, 6.45) is 1.88. The summed E-state index contributed by atoms with van der Waals surface area (Å²) in [5, 5.41) is 5.25. The van der Waals surface area contributed by atoms with E-state index in [1.54, 1.807) is 11.8 Å². The average Bonchev–Trinajstić information content (AvgIpc) is 2.76. The molecule has 0 radical (unpaired) electrons. The van der Waals surface area contributed by atoms with E-state index in [4.69, 9.17) is 10.5 Å². The summed E-state index contributed by atoms with van der Waals surface area (Å²) in [6, 6.07) is 16.8. The maximum absolute atomic E-state index is 12.8. The molecule has 0 aromatic heterocycles. The highest BCUT2D eigenvalue weighted by molar-refractivity contribution is 7.98. The lowest BCUT2D eigenvalue weighted by Gasteiger charge is -2.21. The van der Waals surface area contributed by atoms with Crippen molar-refractivity contribution < 1.29 is 19.1 Å². The van der Waals surface area contributed by atoms with Crippen molar-refractivity contribution in [1.82, 2.24) is 10.6 Å². The Kier molecular flexibility index (Phi) is 9.73. The quantitative estimate of drug-likeness (QED) is 0.507. The first kappa shape index (κ1) is 23.3. The molecule has 0 spiro atoms. The topological polar surface area (TPSA) is 111 Å². The minimum atomic E-state index is -0.876. The van der Waals surface area contributed by atoms with Crippen LogP contribution in [0.15, 0.2) is 60.7 Å². The van der Waals surface area contributed by atoms with Gasteiger partial charge in [-0.3, -0.25) is 9.59 Å². The zero-order valence-corrected chi connectivity index (χ0v) is 17.7. The fraction of sp³-hybridized carbons (Fsp3) is 0.318. The van der Waals surface area contributed by atoms with E-state index in [2.05, 4.69) is 10.6 Å². The van der Waals surface area contributed by atoms with Gasteiger partial charge in [-0.05, 0) is 29.6 Å². The molecular weight excluding hydrogens is 402 g/mol. The van der Waals surface area contributed by atoms with Crippen LogP contribution in [0, 0.1) is 0 Å². The van der Waals surface area contributed by atoms with E-state index in [9.17, 15) is 14.4 Å². The second kappa shape index (κ2) is 12.5. The fourth-order valence-corrected chi connectivity index (χ4v) is 3.23. The molecule has 0 saturated carbocycles. The monoisotopic (exact) mass is 429 g/mol. The van der Waals surface area contributed by atoms with Crippen molar-refractivity contribution in [2.45, 2.75) is 31.5 Å². The number of nitrogens with two attached hydrogens (primary N) is 1. The van der Waals surface area contributed by atoms with E-state index in [0.717, 1.165) is 11.1 Å². The van der Waals surface area contributed by atoms with Gasteiger partial charge in [-0.25, -0.2) is 4.79 Å². The van der Waals surface area contributed by atoms with Crippen LogP contribution < -0.4 is 16.4 Å². The average molecular weight is 430 g/mol. The number of carbonyl (C=O) groups excluding carboxylic acids is 3. The largest absolute Gasteiger partial charge is 0.445 e. The van der Waals surface area contributed by atoms with Crippen molar-refractivity contribution in [3.8, 4) is 0 Å². The number of alkyl carbamates (subject to hydrolysis) is 1. The molecule has 0 fully saturated rings. The highest BCUT2D eigenvalue weighted by atomic mass is 32.2. The smallest absolute Gasteiger partial charge is 0.408 e. The Morgan fingerprint density at radius 3 is 2.10 bits per heavy atom. The summed E-state index contributed by atoms with van der Waals surface area (Å²) in [5.41, 5.74) is 7.19. The molecule has 30 heavy (non-hydrogen) atoms. The Bertz CT molecular complexity index is 818. The number of amides is 3. The van der Waals surface area contributed by atoms with E-state index < -0.39 is 30.0 Å². The second-order valence-corrected chi connectivity index (χ2v) is 7.68. The first-order valence-electron chi connectivity index (χ1n) is 9.59. The number of ether oxygens (including phenoxy) is 1. The van der Waals surface area contributed by atoms with Gasteiger partial charge in [0.15, 0.2) is 0 Å². The van der Waals surface area contributed by atoms with E-state index in [0.29, 0.717) is 12.2 Å². The molecule has 0 aliphatic heterocycles. The lowest BCUT2D eigenvalue weighted by Crippen LogP contribution is -2.53. The van der Waals surface area contributed by atoms with Crippen LogP contribution in [0.1, 0.15) is 17.5 Å². The minimum absolute atomic E-state index is 0.0987. The van der Waals surface area contributed by atoms with Gasteiger partial charge in [0.25, 0.3) is 0 Å². The highest BCUT2D eigenvalue weighted by Gasteiger charge is 2.26. The molecule has 4 N–H and O–H groups in total. The molecular formula is C22H27N3O4S. The number of carbonyl (C=O) groups is 3. The van der Waals surface area contributed by atoms with E-state index in [1.807, 2.05) is 66.9 Å². The van der Waals surface area contributed by atoms with Gasteiger partial charge < -0.3 is 21.1 Å². The summed E-state index contributed by atoms with van der Waals surface area (Å²) in [4.78, 5) is 36.8. The van der Waals surface area contributed by atoms with E-state index in [1.165, 1.54) is 0 Å². The Hall–Kier alpha value is -3.00. The number of hydrogen-bond acceptors (Lipinski definition) is 5. The maximum atomic E-state index is 12.8. The number of thioether (sulfide) groups is 1. The van der Waals surface area contributed by atoms with Crippen LogP contribution in [0.5, 0.6) is 0 Å². The van der Waals surface area contributed by atoms with Gasteiger partial charge in [0.2, 0.25) is 11.8 Å². The van der Waals surface area contributed by atoms with Crippen molar-refractivity contribution in [3.05, 3.63) is 71.8 Å². The number of hydrogen-bond donors (Lipinski definition) is 3. The third-order valence-corrected chi connectivity index (χ3v) is 5.02. The molecule has 7 nitrogen and oxygen atoms in total. The number of rotatable bonds is 11. The molecule has 0 aliphatic carbocycles. The Morgan fingerprint density at radius 1 is 0.933 bits per heavy atom. The summed E-state index contributed by atoms with van der Waals surface area (Å²) in [6.45, 7) is 0.0987. The molecule has 2 aromatic carbocycles. The van der Waals surface area contributed by atoms with Crippen molar-refractivity contribution in [2.75, 3.05) is 12.0 Å². The lowest BCUT2D eigenvalue weighted by molar-refractivity contribution is -0.128. The maximum Gasteiger partial charge on any atom is 0.408 e. The van der Waals surface area contributed by atoms with Gasteiger partial charge in [-0.2, -0.15) is 11.8 Å². The molecule has 8 heteroatoms. The van der Waals surface area contributed by atoms with E-state index >= 15 is 0 Å². The van der Waals surface area contributed by atoms with Crippen molar-refractivity contribution >= 4 is 29.7 Å². The molecule has 3 amide bonds. The molecule has 0 aliphatic rings. The van der Waals surface area contributed by atoms with Crippen molar-refractivity contribution in [3.63, 3.8) is 0 Å². The standard InChI is InChI=1S/C22H27N3O4S/c1-30-13-12-18(25-22(28)29-15-17-10-6-3-7-11-17)21(27)24-19(20(23)26)14-16-8-4-2-5-9-16/h2-11,18-19H,12-15H2,1H3,(H2,23,26)(H,24,27)(H,25,28)/t18-,19+/m0/s1. The molecule has 2 aromatic rings. The summed E-state index contributed by atoms with van der Waals surface area (Å²) in [7, 11) is 0. The number of benzene rings is 2. The summed E-state index contributed by atoms with van der Waals surface area (Å²) >= 11 is 1.55. The number of nitrogens with one attached hydrogen (secondary N) is 2. The van der Waals surface area contributed by atoms with Gasteiger partial charge in [0.05, 0.1) is 0 Å². The summed E-state index contributed by atoms with van der Waals surface area (Å²) < 4.78 is 5.21. The van der Waals surface area contributed by atoms with Gasteiger partial charge >= 0.3 is 6.09 Å². The van der Waals surface area contributed by atoms with E-state index in [-0.39, 0.29) is 13.0 Å².